The molecule has 2 amide bonds. The Balaban J connectivity index is 1.59. The highest BCUT2D eigenvalue weighted by atomic mass is 16.3. The van der Waals surface area contributed by atoms with Crippen LogP contribution in [0.1, 0.15) is 18.4 Å². The van der Waals surface area contributed by atoms with Gasteiger partial charge in [0.1, 0.15) is 17.1 Å². The molecule has 0 aliphatic rings. The highest BCUT2D eigenvalue weighted by Crippen LogP contribution is 2.19. The van der Waals surface area contributed by atoms with Crippen molar-refractivity contribution in [3.8, 4) is 0 Å². The minimum absolute atomic E-state index is 0.130. The Hall–Kier alpha value is -3.35. The first-order chi connectivity index (χ1) is 11.6. The zero-order chi connectivity index (χ0) is 16.9. The molecule has 24 heavy (non-hydrogen) atoms. The maximum Gasteiger partial charge on any atom is 0.329 e. The number of fused-ring (bicyclic) bond motifs is 1. The van der Waals surface area contributed by atoms with E-state index in [1.54, 1.807) is 19.1 Å². The minimum atomic E-state index is -0.864. The first kappa shape index (κ1) is 15.5. The van der Waals surface area contributed by atoms with E-state index in [9.17, 15) is 9.59 Å². The Morgan fingerprint density at radius 3 is 2.71 bits per heavy atom. The summed E-state index contributed by atoms with van der Waals surface area (Å²) in [6, 6.07) is 12.7. The lowest BCUT2D eigenvalue weighted by Gasteiger charge is -2.02. The third-order valence-corrected chi connectivity index (χ3v) is 3.32. The van der Waals surface area contributed by atoms with Crippen molar-refractivity contribution < 1.29 is 18.4 Å². The predicted molar refractivity (Wildman–Crippen MR) is 87.1 cm³/mol. The molecule has 2 N–H and O–H groups in total. The van der Waals surface area contributed by atoms with Gasteiger partial charge in [0.15, 0.2) is 5.76 Å². The molecule has 2 aromatic heterocycles. The molecule has 3 aromatic rings. The van der Waals surface area contributed by atoms with Gasteiger partial charge < -0.3 is 14.2 Å². The second-order valence-corrected chi connectivity index (χ2v) is 5.05. The van der Waals surface area contributed by atoms with Gasteiger partial charge in [-0.15, -0.1) is 0 Å². The van der Waals surface area contributed by atoms with Crippen molar-refractivity contribution in [2.45, 2.75) is 13.5 Å². The van der Waals surface area contributed by atoms with Crippen LogP contribution in [0.15, 0.2) is 62.7 Å². The number of benzene rings is 1. The van der Waals surface area contributed by atoms with Gasteiger partial charge in [-0.25, -0.2) is 5.43 Å². The van der Waals surface area contributed by atoms with Gasteiger partial charge in [-0.3, -0.25) is 9.59 Å². The number of carbonyl (C=O) groups is 2. The summed E-state index contributed by atoms with van der Waals surface area (Å²) in [5, 5.41) is 7.26. The molecule has 1 aromatic carbocycles. The van der Waals surface area contributed by atoms with E-state index in [1.165, 1.54) is 6.26 Å². The zero-order valence-electron chi connectivity index (χ0n) is 12.9. The van der Waals surface area contributed by atoms with E-state index in [0.29, 0.717) is 17.2 Å². The molecule has 0 atom stereocenters. The highest BCUT2D eigenvalue weighted by molar-refractivity contribution is 6.35. The second kappa shape index (κ2) is 6.82. The van der Waals surface area contributed by atoms with Gasteiger partial charge in [0.25, 0.3) is 0 Å². The van der Waals surface area contributed by atoms with Crippen LogP contribution in [0.25, 0.3) is 11.0 Å². The van der Waals surface area contributed by atoms with Crippen LogP contribution in [0, 0.1) is 0 Å². The highest BCUT2D eigenvalue weighted by Gasteiger charge is 2.13. The normalized spacial score (nSPS) is 11.5. The lowest BCUT2D eigenvalue weighted by Crippen LogP contribution is -2.37. The van der Waals surface area contributed by atoms with Crippen LogP contribution in [0.2, 0.25) is 0 Å². The Kier molecular flexibility index (Phi) is 4.42. The van der Waals surface area contributed by atoms with E-state index >= 15 is 0 Å². The zero-order valence-corrected chi connectivity index (χ0v) is 12.9. The third-order valence-electron chi connectivity index (χ3n) is 3.32. The number of para-hydroxylation sites is 1. The molecule has 7 heteroatoms. The van der Waals surface area contributed by atoms with Crippen LogP contribution in [0.4, 0.5) is 0 Å². The molecule has 0 unspecified atom stereocenters. The smallest absolute Gasteiger partial charge is 0.329 e. The average Bonchev–Trinajstić information content (AvgIpc) is 3.26. The molecule has 0 bridgehead atoms. The van der Waals surface area contributed by atoms with E-state index in [2.05, 4.69) is 15.8 Å². The number of amides is 2. The number of hydrogen-bond acceptors (Lipinski definition) is 5. The summed E-state index contributed by atoms with van der Waals surface area (Å²) in [7, 11) is 0. The summed E-state index contributed by atoms with van der Waals surface area (Å²) in [6.45, 7) is 1.81. The third kappa shape index (κ3) is 3.52. The molecular formula is C17H15N3O4. The Labute approximate surface area is 137 Å². The van der Waals surface area contributed by atoms with Crippen LogP contribution >= 0.6 is 0 Å². The first-order valence-corrected chi connectivity index (χ1v) is 7.27. The van der Waals surface area contributed by atoms with Crippen molar-refractivity contribution in [1.82, 2.24) is 10.7 Å². The molecule has 122 valence electrons. The van der Waals surface area contributed by atoms with E-state index in [4.69, 9.17) is 8.83 Å². The molecule has 0 saturated carbocycles. The monoisotopic (exact) mass is 325 g/mol. The van der Waals surface area contributed by atoms with Gasteiger partial charge in [-0.05, 0) is 31.2 Å². The predicted octanol–water partition coefficient (Wildman–Crippen LogP) is 2.18. The molecule has 0 aliphatic carbocycles. The summed E-state index contributed by atoms with van der Waals surface area (Å²) in [5.74, 6) is -0.588. The van der Waals surface area contributed by atoms with E-state index in [0.717, 1.165) is 11.0 Å². The fraction of sp³-hybridized carbons (Fsp3) is 0.118. The molecule has 0 radical (unpaired) electrons. The molecule has 0 spiro atoms. The lowest BCUT2D eigenvalue weighted by atomic mass is 10.2. The van der Waals surface area contributed by atoms with Crippen molar-refractivity contribution in [1.29, 1.82) is 0 Å². The van der Waals surface area contributed by atoms with Crippen molar-refractivity contribution in [2.24, 2.45) is 5.10 Å². The topological polar surface area (TPSA) is 96.8 Å². The maximum atomic E-state index is 11.7. The number of carbonyl (C=O) groups excluding carboxylic acids is 2. The molecule has 3 rings (SSSR count). The SMILES string of the molecule is C/C(=N\NC(=O)C(=O)NCc1ccco1)c1cc2ccccc2o1. The van der Waals surface area contributed by atoms with Gasteiger partial charge in [-0.1, -0.05) is 18.2 Å². The van der Waals surface area contributed by atoms with Crippen LogP contribution in [-0.4, -0.2) is 17.5 Å². The number of hydrogen-bond donors (Lipinski definition) is 2. The van der Waals surface area contributed by atoms with Gasteiger partial charge in [-0.2, -0.15) is 5.10 Å². The number of rotatable bonds is 4. The fourth-order valence-corrected chi connectivity index (χ4v) is 2.06. The van der Waals surface area contributed by atoms with Gasteiger partial charge in [0, 0.05) is 5.39 Å². The molecule has 0 saturated heterocycles. The van der Waals surface area contributed by atoms with E-state index in [-0.39, 0.29) is 6.54 Å². The largest absolute Gasteiger partial charge is 0.467 e. The number of nitrogens with zero attached hydrogens (tertiary/aromatic N) is 1. The molecule has 0 aliphatic heterocycles. The number of nitrogens with one attached hydrogen (secondary N) is 2. The van der Waals surface area contributed by atoms with Crippen LogP contribution < -0.4 is 10.7 Å². The summed E-state index contributed by atoms with van der Waals surface area (Å²) in [5.41, 5.74) is 3.38. The summed E-state index contributed by atoms with van der Waals surface area (Å²) in [4.78, 5) is 23.4. The fourth-order valence-electron chi connectivity index (χ4n) is 2.06. The van der Waals surface area contributed by atoms with E-state index in [1.807, 2.05) is 30.3 Å². The van der Waals surface area contributed by atoms with Crippen molar-refractivity contribution in [3.05, 3.63) is 60.2 Å². The lowest BCUT2D eigenvalue weighted by molar-refractivity contribution is -0.139. The summed E-state index contributed by atoms with van der Waals surface area (Å²) in [6.07, 6.45) is 1.49. The average molecular weight is 325 g/mol. The summed E-state index contributed by atoms with van der Waals surface area (Å²) >= 11 is 0. The summed E-state index contributed by atoms with van der Waals surface area (Å²) < 4.78 is 10.7. The van der Waals surface area contributed by atoms with E-state index < -0.39 is 11.8 Å². The number of hydrazone groups is 1. The van der Waals surface area contributed by atoms with Crippen LogP contribution in [0.3, 0.4) is 0 Å². The first-order valence-electron chi connectivity index (χ1n) is 7.27. The van der Waals surface area contributed by atoms with Crippen LogP contribution in [-0.2, 0) is 16.1 Å². The number of furan rings is 2. The van der Waals surface area contributed by atoms with Gasteiger partial charge >= 0.3 is 11.8 Å². The Bertz CT molecular complexity index is 861. The van der Waals surface area contributed by atoms with Crippen molar-refractivity contribution in [3.63, 3.8) is 0 Å². The molecule has 0 fully saturated rings. The Morgan fingerprint density at radius 1 is 1.12 bits per heavy atom. The van der Waals surface area contributed by atoms with Crippen molar-refractivity contribution in [2.75, 3.05) is 0 Å². The van der Waals surface area contributed by atoms with Gasteiger partial charge in [0.2, 0.25) is 0 Å². The molecular weight excluding hydrogens is 310 g/mol. The second-order valence-electron chi connectivity index (χ2n) is 5.05. The maximum absolute atomic E-state index is 11.7. The quantitative estimate of drug-likeness (QED) is 0.436. The molecule has 7 nitrogen and oxygen atoms in total. The standard InChI is InChI=1S/C17H15N3O4/c1-11(15-9-12-5-2-3-7-14(12)24-15)19-20-17(22)16(21)18-10-13-6-4-8-23-13/h2-9H,10H2,1H3,(H,18,21)(H,20,22)/b19-11+. The Morgan fingerprint density at radius 2 is 1.96 bits per heavy atom. The minimum Gasteiger partial charge on any atom is -0.467 e. The van der Waals surface area contributed by atoms with Gasteiger partial charge in [0.05, 0.1) is 12.8 Å². The van der Waals surface area contributed by atoms with Crippen LogP contribution in [0.5, 0.6) is 0 Å². The molecule has 2 heterocycles. The van der Waals surface area contributed by atoms with Crippen molar-refractivity contribution >= 4 is 28.5 Å².